The average molecular weight is 333 g/mol. The summed E-state index contributed by atoms with van der Waals surface area (Å²) < 4.78 is 2.16. The van der Waals surface area contributed by atoms with Crippen molar-refractivity contribution in [3.05, 3.63) is 31.5 Å². The fourth-order valence-corrected chi connectivity index (χ4v) is 1.94. The van der Waals surface area contributed by atoms with Crippen molar-refractivity contribution < 1.29 is 15.3 Å². The van der Waals surface area contributed by atoms with Crippen LogP contribution in [0.2, 0.25) is 0 Å². The summed E-state index contributed by atoms with van der Waals surface area (Å²) in [6, 6.07) is 0. The number of nitrogens with zero attached hydrogens (tertiary/aromatic N) is 3. The SMILES string of the molecule is CC.CC(O)Cn1c(=O)n(CC(C)O)c(=O)n(CC(C)O)c1=O. The molecule has 0 radical (unpaired) electrons. The van der Waals surface area contributed by atoms with Crippen LogP contribution in [-0.2, 0) is 19.6 Å². The summed E-state index contributed by atoms with van der Waals surface area (Å²) in [5, 5.41) is 28.1. The molecule has 0 saturated heterocycles. The Bertz CT molecular complexity index is 533. The second-order valence-electron chi connectivity index (χ2n) is 5.23. The van der Waals surface area contributed by atoms with E-state index in [1.807, 2.05) is 13.8 Å². The minimum absolute atomic E-state index is 0.280. The quantitative estimate of drug-likeness (QED) is 0.572. The van der Waals surface area contributed by atoms with Crippen LogP contribution in [0.5, 0.6) is 0 Å². The van der Waals surface area contributed by atoms with E-state index in [-0.39, 0.29) is 19.6 Å². The van der Waals surface area contributed by atoms with Gasteiger partial charge in [0.15, 0.2) is 0 Å². The second-order valence-corrected chi connectivity index (χ2v) is 5.23. The molecule has 9 nitrogen and oxygen atoms in total. The predicted octanol–water partition coefficient (Wildman–Crippen LogP) is -1.66. The lowest BCUT2D eigenvalue weighted by Gasteiger charge is -2.16. The monoisotopic (exact) mass is 333 g/mol. The minimum Gasteiger partial charge on any atom is -0.392 e. The van der Waals surface area contributed by atoms with Gasteiger partial charge in [-0.05, 0) is 20.8 Å². The molecule has 0 amide bonds. The van der Waals surface area contributed by atoms with Gasteiger partial charge in [-0.15, -0.1) is 0 Å². The smallest absolute Gasteiger partial charge is 0.336 e. The highest BCUT2D eigenvalue weighted by molar-refractivity contribution is 4.81. The van der Waals surface area contributed by atoms with Crippen LogP contribution in [0.1, 0.15) is 34.6 Å². The number of aromatic nitrogens is 3. The van der Waals surface area contributed by atoms with Crippen LogP contribution in [0.15, 0.2) is 14.4 Å². The first-order chi connectivity index (χ1) is 10.6. The third-order valence-electron chi connectivity index (χ3n) is 2.73. The maximum atomic E-state index is 12.1. The fourth-order valence-electron chi connectivity index (χ4n) is 1.94. The lowest BCUT2D eigenvalue weighted by atomic mass is 10.4. The Morgan fingerprint density at radius 1 is 0.652 bits per heavy atom. The van der Waals surface area contributed by atoms with E-state index in [1.165, 1.54) is 20.8 Å². The van der Waals surface area contributed by atoms with E-state index in [0.29, 0.717) is 0 Å². The summed E-state index contributed by atoms with van der Waals surface area (Å²) in [7, 11) is 0. The molecule has 3 atom stereocenters. The molecular formula is C14H27N3O6. The Labute approximate surface area is 134 Å². The van der Waals surface area contributed by atoms with Crippen molar-refractivity contribution in [2.45, 2.75) is 72.6 Å². The molecule has 0 bridgehead atoms. The maximum Gasteiger partial charge on any atom is 0.336 e. The number of aliphatic hydroxyl groups is 3. The summed E-state index contributed by atoms with van der Waals surface area (Å²) in [5.41, 5.74) is -2.68. The standard InChI is InChI=1S/C12H21N3O6.C2H6/c1-7(16)4-13-10(19)14(5-8(2)17)12(21)15(11(13)20)6-9(3)18;1-2/h7-9,16-18H,4-6H2,1-3H3;1-2H3. The molecule has 23 heavy (non-hydrogen) atoms. The maximum absolute atomic E-state index is 12.1. The van der Waals surface area contributed by atoms with Gasteiger partial charge in [-0.1, -0.05) is 13.8 Å². The fraction of sp³-hybridized carbons (Fsp3) is 0.786. The van der Waals surface area contributed by atoms with Gasteiger partial charge in [0.2, 0.25) is 0 Å². The first-order valence-corrected chi connectivity index (χ1v) is 7.63. The molecule has 1 heterocycles. The molecular weight excluding hydrogens is 306 g/mol. The van der Waals surface area contributed by atoms with Crippen molar-refractivity contribution in [2.75, 3.05) is 0 Å². The van der Waals surface area contributed by atoms with Crippen LogP contribution in [0.3, 0.4) is 0 Å². The molecule has 1 aromatic rings. The van der Waals surface area contributed by atoms with Gasteiger partial charge in [-0.2, -0.15) is 0 Å². The van der Waals surface area contributed by atoms with Gasteiger partial charge in [-0.3, -0.25) is 0 Å². The van der Waals surface area contributed by atoms with Crippen molar-refractivity contribution in [1.29, 1.82) is 0 Å². The zero-order valence-corrected chi connectivity index (χ0v) is 14.3. The highest BCUT2D eigenvalue weighted by Gasteiger charge is 2.18. The van der Waals surface area contributed by atoms with Crippen LogP contribution in [0, 0.1) is 0 Å². The highest BCUT2D eigenvalue weighted by atomic mass is 16.3. The van der Waals surface area contributed by atoms with E-state index in [2.05, 4.69) is 0 Å². The second kappa shape index (κ2) is 9.43. The van der Waals surface area contributed by atoms with Gasteiger partial charge < -0.3 is 15.3 Å². The van der Waals surface area contributed by atoms with Crippen molar-refractivity contribution in [3.8, 4) is 0 Å². The zero-order valence-electron chi connectivity index (χ0n) is 14.3. The number of aliphatic hydroxyl groups excluding tert-OH is 3. The average Bonchev–Trinajstić information content (AvgIpc) is 2.46. The van der Waals surface area contributed by atoms with E-state index in [1.54, 1.807) is 0 Å². The molecule has 3 unspecified atom stereocenters. The van der Waals surface area contributed by atoms with E-state index in [0.717, 1.165) is 13.7 Å². The molecule has 1 aromatic heterocycles. The normalized spacial score (nSPS) is 14.6. The largest absolute Gasteiger partial charge is 0.392 e. The first kappa shape index (κ1) is 21.3. The number of hydrogen-bond acceptors (Lipinski definition) is 6. The molecule has 134 valence electrons. The van der Waals surface area contributed by atoms with Gasteiger partial charge in [0.25, 0.3) is 0 Å². The van der Waals surface area contributed by atoms with Gasteiger partial charge in [0.05, 0.1) is 37.9 Å². The van der Waals surface area contributed by atoms with Crippen molar-refractivity contribution in [2.24, 2.45) is 0 Å². The molecule has 0 aliphatic carbocycles. The van der Waals surface area contributed by atoms with E-state index in [9.17, 15) is 29.7 Å². The van der Waals surface area contributed by atoms with Crippen LogP contribution in [0.25, 0.3) is 0 Å². The Balaban J connectivity index is 0.00000232. The topological polar surface area (TPSA) is 127 Å². The van der Waals surface area contributed by atoms with Gasteiger partial charge in [0.1, 0.15) is 0 Å². The summed E-state index contributed by atoms with van der Waals surface area (Å²) in [6.07, 6.45) is -2.89. The van der Waals surface area contributed by atoms with Crippen LogP contribution in [0.4, 0.5) is 0 Å². The van der Waals surface area contributed by atoms with Gasteiger partial charge in [0, 0.05) is 0 Å². The van der Waals surface area contributed by atoms with E-state index in [4.69, 9.17) is 0 Å². The lowest BCUT2D eigenvalue weighted by molar-refractivity contribution is 0.146. The summed E-state index contributed by atoms with van der Waals surface area (Å²) in [4.78, 5) is 36.4. The third-order valence-corrected chi connectivity index (χ3v) is 2.73. The van der Waals surface area contributed by atoms with Crippen LogP contribution >= 0.6 is 0 Å². The molecule has 9 heteroatoms. The van der Waals surface area contributed by atoms with E-state index >= 15 is 0 Å². The third kappa shape index (κ3) is 5.77. The van der Waals surface area contributed by atoms with E-state index < -0.39 is 35.4 Å². The first-order valence-electron chi connectivity index (χ1n) is 7.63. The Hall–Kier alpha value is -1.71. The Morgan fingerprint density at radius 2 is 0.826 bits per heavy atom. The van der Waals surface area contributed by atoms with Gasteiger partial charge >= 0.3 is 17.1 Å². The van der Waals surface area contributed by atoms with Crippen molar-refractivity contribution >= 4 is 0 Å². The summed E-state index contributed by atoms with van der Waals surface area (Å²) >= 11 is 0. The number of rotatable bonds is 6. The number of hydrogen-bond donors (Lipinski definition) is 3. The molecule has 0 fully saturated rings. The molecule has 0 spiro atoms. The Morgan fingerprint density at radius 3 is 0.957 bits per heavy atom. The van der Waals surface area contributed by atoms with Crippen LogP contribution in [-0.4, -0.2) is 47.3 Å². The zero-order chi connectivity index (χ0) is 18.3. The van der Waals surface area contributed by atoms with Crippen molar-refractivity contribution in [1.82, 2.24) is 13.7 Å². The Kier molecular flexibility index (Phi) is 8.73. The van der Waals surface area contributed by atoms with Crippen LogP contribution < -0.4 is 17.1 Å². The predicted molar refractivity (Wildman–Crippen MR) is 85.6 cm³/mol. The highest BCUT2D eigenvalue weighted by Crippen LogP contribution is 1.88. The lowest BCUT2D eigenvalue weighted by Crippen LogP contribution is -2.56. The van der Waals surface area contributed by atoms with Crippen molar-refractivity contribution in [3.63, 3.8) is 0 Å². The molecule has 0 aliphatic rings. The molecule has 0 aromatic carbocycles. The van der Waals surface area contributed by atoms with Gasteiger partial charge in [-0.25, -0.2) is 28.1 Å². The summed E-state index contributed by atoms with van der Waals surface area (Å²) in [6.45, 7) is 7.35. The molecule has 0 saturated carbocycles. The molecule has 0 aliphatic heterocycles. The summed E-state index contributed by atoms with van der Waals surface area (Å²) in [5.74, 6) is 0. The molecule has 1 rings (SSSR count). The molecule has 3 N–H and O–H groups in total. The minimum atomic E-state index is -0.965.